The zero-order chi connectivity index (χ0) is 22.2. The van der Waals surface area contributed by atoms with Crippen molar-refractivity contribution >= 4 is 40.8 Å². The van der Waals surface area contributed by atoms with Gasteiger partial charge in [-0.1, -0.05) is 36.4 Å². The average molecular weight is 439 g/mol. The van der Waals surface area contributed by atoms with Gasteiger partial charge in [0.15, 0.2) is 0 Å². The van der Waals surface area contributed by atoms with Crippen LogP contribution in [0.25, 0.3) is 0 Å². The quantitative estimate of drug-likeness (QED) is 0.361. The molecule has 2 aromatic carbocycles. The molecule has 3 rings (SSSR count). The topological polar surface area (TPSA) is 113 Å². The lowest BCUT2D eigenvalue weighted by atomic mass is 10.2. The van der Waals surface area contributed by atoms with E-state index >= 15 is 0 Å². The second-order valence-corrected chi connectivity index (χ2v) is 6.70. The second-order valence-electron chi connectivity index (χ2n) is 6.29. The smallest absolute Gasteiger partial charge is 0.404 e. The van der Waals surface area contributed by atoms with Gasteiger partial charge in [0.2, 0.25) is 11.8 Å². The largest absolute Gasteiger partial charge is 0.465 e. The van der Waals surface area contributed by atoms with Crippen LogP contribution in [0.3, 0.4) is 0 Å². The summed E-state index contributed by atoms with van der Waals surface area (Å²) in [5.41, 5.74) is 2.05. The van der Waals surface area contributed by atoms with Gasteiger partial charge in [-0.25, -0.2) is 4.79 Å². The molecule has 0 aliphatic heterocycles. The fraction of sp³-hybridized carbons (Fsp3) is 0.0455. The molecule has 0 radical (unpaired) electrons. The molecule has 0 unspecified atom stereocenters. The number of pyridine rings is 1. The molecular weight excluding hydrogens is 420 g/mol. The molecule has 4 N–H and O–H groups in total. The van der Waals surface area contributed by atoms with Crippen molar-refractivity contribution in [3.05, 3.63) is 83.9 Å². The van der Waals surface area contributed by atoms with Gasteiger partial charge in [-0.05, 0) is 48.0 Å². The molecule has 0 aliphatic carbocycles. The van der Waals surface area contributed by atoms with Crippen LogP contribution in [0.15, 0.2) is 73.3 Å². The van der Waals surface area contributed by atoms with Gasteiger partial charge < -0.3 is 25.8 Å². The van der Waals surface area contributed by atoms with E-state index in [1.165, 1.54) is 6.08 Å². The number of nitrogens with one attached hydrogen (secondary N) is 3. The van der Waals surface area contributed by atoms with Gasteiger partial charge in [0.25, 0.3) is 0 Å². The highest BCUT2D eigenvalue weighted by Gasteiger charge is 2.09. The van der Waals surface area contributed by atoms with Crippen LogP contribution >= 0.6 is 11.6 Å². The van der Waals surface area contributed by atoms with Crippen molar-refractivity contribution in [2.24, 2.45) is 0 Å². The van der Waals surface area contributed by atoms with E-state index in [0.717, 1.165) is 11.3 Å². The summed E-state index contributed by atoms with van der Waals surface area (Å²) in [5.74, 6) is 0.775. The monoisotopic (exact) mass is 438 g/mol. The average Bonchev–Trinajstić information content (AvgIpc) is 2.75. The van der Waals surface area contributed by atoms with E-state index in [1.54, 1.807) is 48.5 Å². The Morgan fingerprint density at radius 3 is 2.65 bits per heavy atom. The summed E-state index contributed by atoms with van der Waals surface area (Å²) in [6, 6.07) is 17.4. The number of amides is 2. The van der Waals surface area contributed by atoms with Gasteiger partial charge in [0.1, 0.15) is 16.6 Å². The Bertz CT molecular complexity index is 1120. The van der Waals surface area contributed by atoms with E-state index in [-0.39, 0.29) is 18.3 Å². The normalized spacial score (nSPS) is 10.1. The van der Waals surface area contributed by atoms with Crippen LogP contribution < -0.4 is 20.7 Å². The third-order valence-electron chi connectivity index (χ3n) is 3.96. The number of carbonyl (C=O) groups is 2. The molecular formula is C22H19ClN4O4. The number of hydrogen-bond acceptors (Lipinski definition) is 5. The van der Waals surface area contributed by atoms with Crippen molar-refractivity contribution in [1.82, 2.24) is 10.3 Å². The summed E-state index contributed by atoms with van der Waals surface area (Å²) in [4.78, 5) is 26.5. The van der Waals surface area contributed by atoms with E-state index in [0.29, 0.717) is 22.3 Å². The Labute approximate surface area is 183 Å². The molecule has 0 saturated carbocycles. The van der Waals surface area contributed by atoms with Crippen LogP contribution in [0.5, 0.6) is 11.6 Å². The van der Waals surface area contributed by atoms with Crippen LogP contribution in [0, 0.1) is 0 Å². The first-order valence-electron chi connectivity index (χ1n) is 9.13. The van der Waals surface area contributed by atoms with Gasteiger partial charge in [-0.3, -0.25) is 4.79 Å². The highest BCUT2D eigenvalue weighted by Crippen LogP contribution is 2.31. The third kappa shape index (κ3) is 6.48. The molecule has 158 valence electrons. The van der Waals surface area contributed by atoms with E-state index in [9.17, 15) is 9.59 Å². The number of hydrogen-bond donors (Lipinski definition) is 4. The molecule has 0 spiro atoms. The maximum Gasteiger partial charge on any atom is 0.404 e. The number of halogens is 1. The van der Waals surface area contributed by atoms with Gasteiger partial charge >= 0.3 is 6.09 Å². The Hall–Kier alpha value is -4.04. The zero-order valence-corrected chi connectivity index (χ0v) is 17.0. The van der Waals surface area contributed by atoms with Crippen LogP contribution in [-0.2, 0) is 11.3 Å². The SMILES string of the molecule is C=CC(=O)Nc1cccc(Oc2nc(Nc3cccc(CNC(=O)O)c3)ccc2Cl)c1. The number of ether oxygens (including phenoxy) is 1. The number of carboxylic acid groups (broad SMARTS) is 1. The summed E-state index contributed by atoms with van der Waals surface area (Å²) in [6.07, 6.45) is 0.0843. The molecule has 31 heavy (non-hydrogen) atoms. The first-order chi connectivity index (χ1) is 14.9. The molecule has 3 aromatic rings. The molecule has 1 aromatic heterocycles. The standard InChI is InChI=1S/C22H19ClN4O4/c1-2-20(28)26-16-7-4-8-17(12-16)31-21-18(23)9-10-19(27-21)25-15-6-3-5-14(11-15)13-24-22(29)30/h2-12,24H,1,13H2,(H,25,27)(H,26,28)(H,29,30). The molecule has 0 saturated heterocycles. The number of benzene rings is 2. The fourth-order valence-electron chi connectivity index (χ4n) is 2.59. The summed E-state index contributed by atoms with van der Waals surface area (Å²) in [5, 5.41) is 17.2. The van der Waals surface area contributed by atoms with Gasteiger partial charge in [-0.15, -0.1) is 0 Å². The third-order valence-corrected chi connectivity index (χ3v) is 4.25. The van der Waals surface area contributed by atoms with E-state index < -0.39 is 6.09 Å². The summed E-state index contributed by atoms with van der Waals surface area (Å²) in [6.45, 7) is 3.61. The number of nitrogens with zero attached hydrogens (tertiary/aromatic N) is 1. The van der Waals surface area contributed by atoms with Crippen LogP contribution in [0.1, 0.15) is 5.56 Å². The van der Waals surface area contributed by atoms with Crippen molar-refractivity contribution in [2.45, 2.75) is 6.54 Å². The Balaban J connectivity index is 1.74. The van der Waals surface area contributed by atoms with Gasteiger partial charge in [0, 0.05) is 24.0 Å². The lowest BCUT2D eigenvalue weighted by molar-refractivity contribution is -0.111. The van der Waals surface area contributed by atoms with Crippen molar-refractivity contribution in [3.63, 3.8) is 0 Å². The molecule has 9 heteroatoms. The molecule has 0 bridgehead atoms. The zero-order valence-electron chi connectivity index (χ0n) is 16.3. The van der Waals surface area contributed by atoms with E-state index in [4.69, 9.17) is 21.4 Å². The van der Waals surface area contributed by atoms with Crippen molar-refractivity contribution in [1.29, 1.82) is 0 Å². The number of rotatable bonds is 8. The maximum absolute atomic E-state index is 11.5. The fourth-order valence-corrected chi connectivity index (χ4v) is 2.74. The highest BCUT2D eigenvalue weighted by molar-refractivity contribution is 6.31. The minimum absolute atomic E-state index is 0.183. The van der Waals surface area contributed by atoms with Crippen LogP contribution in [-0.4, -0.2) is 22.1 Å². The van der Waals surface area contributed by atoms with Crippen molar-refractivity contribution in [3.8, 4) is 11.6 Å². The van der Waals surface area contributed by atoms with Crippen molar-refractivity contribution in [2.75, 3.05) is 10.6 Å². The summed E-state index contributed by atoms with van der Waals surface area (Å²) < 4.78 is 5.80. The van der Waals surface area contributed by atoms with Crippen LogP contribution in [0.2, 0.25) is 5.02 Å². The molecule has 0 aliphatic rings. The van der Waals surface area contributed by atoms with E-state index in [2.05, 4.69) is 27.5 Å². The minimum Gasteiger partial charge on any atom is -0.465 e. The van der Waals surface area contributed by atoms with Gasteiger partial charge in [-0.2, -0.15) is 4.98 Å². The minimum atomic E-state index is -1.09. The lowest BCUT2D eigenvalue weighted by Crippen LogP contribution is -2.19. The van der Waals surface area contributed by atoms with Crippen molar-refractivity contribution < 1.29 is 19.4 Å². The molecule has 0 atom stereocenters. The first-order valence-corrected chi connectivity index (χ1v) is 9.51. The number of anilines is 3. The summed E-state index contributed by atoms with van der Waals surface area (Å²) in [7, 11) is 0. The molecule has 1 heterocycles. The predicted molar refractivity (Wildman–Crippen MR) is 119 cm³/mol. The first kappa shape index (κ1) is 21.7. The Morgan fingerprint density at radius 2 is 1.87 bits per heavy atom. The van der Waals surface area contributed by atoms with E-state index in [1.807, 2.05) is 12.1 Å². The lowest BCUT2D eigenvalue weighted by Gasteiger charge is -2.12. The number of aromatic nitrogens is 1. The van der Waals surface area contributed by atoms with Crippen LogP contribution in [0.4, 0.5) is 22.0 Å². The van der Waals surface area contributed by atoms with Gasteiger partial charge in [0.05, 0.1) is 0 Å². The maximum atomic E-state index is 11.5. The summed E-state index contributed by atoms with van der Waals surface area (Å²) >= 11 is 6.23. The second kappa shape index (κ2) is 10.1. The molecule has 0 fully saturated rings. The highest BCUT2D eigenvalue weighted by atomic mass is 35.5. The molecule has 8 nitrogen and oxygen atoms in total. The molecule has 2 amide bonds. The Kier molecular flexibility index (Phi) is 7.08. The predicted octanol–water partition coefficient (Wildman–Crippen LogP) is 5.16. The Morgan fingerprint density at radius 1 is 1.10 bits per heavy atom. The number of carbonyl (C=O) groups excluding carboxylic acids is 1.